The summed E-state index contributed by atoms with van der Waals surface area (Å²) >= 11 is 7.28. The normalized spacial score (nSPS) is 12.1. The van der Waals surface area contributed by atoms with Gasteiger partial charge in [0, 0.05) is 15.6 Å². The summed E-state index contributed by atoms with van der Waals surface area (Å²) in [5.41, 5.74) is 0. The van der Waals surface area contributed by atoms with E-state index in [4.69, 9.17) is 11.6 Å². The predicted molar refractivity (Wildman–Crippen MR) is 58.3 cm³/mol. The minimum Gasteiger partial charge on any atom is -0.404 e. The highest BCUT2D eigenvalue weighted by Gasteiger charge is 2.32. The zero-order valence-corrected chi connectivity index (χ0v) is 9.63. The van der Waals surface area contributed by atoms with E-state index in [2.05, 4.69) is 4.74 Å². The van der Waals surface area contributed by atoms with Crippen molar-refractivity contribution in [3.8, 4) is 5.75 Å². The summed E-state index contributed by atoms with van der Waals surface area (Å²) in [6.07, 6.45) is -4.72. The van der Waals surface area contributed by atoms with Gasteiger partial charge in [0.25, 0.3) is 0 Å². The van der Waals surface area contributed by atoms with Gasteiger partial charge in [-0.25, -0.2) is 0 Å². The fourth-order valence-electron chi connectivity index (χ4n) is 1.41. The van der Waals surface area contributed by atoms with Gasteiger partial charge in [-0.1, -0.05) is 11.6 Å². The van der Waals surface area contributed by atoms with Gasteiger partial charge < -0.3 is 4.74 Å². The molecule has 1 nitrogen and oxygen atoms in total. The second kappa shape index (κ2) is 3.82. The summed E-state index contributed by atoms with van der Waals surface area (Å²) in [6, 6.07) is 2.81. The van der Waals surface area contributed by atoms with E-state index in [0.29, 0.717) is 5.39 Å². The van der Waals surface area contributed by atoms with E-state index in [-0.39, 0.29) is 10.8 Å². The Balaban J connectivity index is 2.53. The third kappa shape index (κ3) is 2.10. The number of alkyl halides is 3. The molecule has 0 saturated heterocycles. The Kier molecular flexibility index (Phi) is 2.75. The molecule has 1 aromatic heterocycles. The van der Waals surface area contributed by atoms with E-state index in [1.54, 1.807) is 11.4 Å². The average Bonchev–Trinajstić information content (AvgIpc) is 2.52. The maximum Gasteiger partial charge on any atom is 0.573 e. The van der Waals surface area contributed by atoms with Crippen molar-refractivity contribution in [1.29, 1.82) is 0 Å². The molecular weight excluding hydrogens is 261 g/mol. The van der Waals surface area contributed by atoms with Crippen LogP contribution in [0.1, 0.15) is 4.88 Å². The standard InChI is InChI=1S/C10H6ClF3OS/c1-5-6-2-3-8(15-10(12,13)14)9(11)7(6)4-16-5/h2-4H,1H3. The fraction of sp³-hybridized carbons (Fsp3) is 0.200. The van der Waals surface area contributed by atoms with Crippen molar-refractivity contribution in [2.24, 2.45) is 0 Å². The van der Waals surface area contributed by atoms with Crippen molar-refractivity contribution in [3.63, 3.8) is 0 Å². The SMILES string of the molecule is Cc1scc2c(Cl)c(OC(F)(F)F)ccc12. The lowest BCUT2D eigenvalue weighted by molar-refractivity contribution is -0.274. The molecule has 0 aliphatic rings. The highest BCUT2D eigenvalue weighted by Crippen LogP contribution is 2.38. The molecule has 0 unspecified atom stereocenters. The van der Waals surface area contributed by atoms with Crippen LogP contribution in [-0.2, 0) is 0 Å². The Morgan fingerprint density at radius 2 is 1.94 bits per heavy atom. The lowest BCUT2D eigenvalue weighted by atomic mass is 10.2. The first-order chi connectivity index (χ1) is 7.38. The zero-order chi connectivity index (χ0) is 11.9. The molecule has 0 N–H and O–H groups in total. The number of aryl methyl sites for hydroxylation is 1. The number of rotatable bonds is 1. The minimum atomic E-state index is -4.72. The first-order valence-electron chi connectivity index (χ1n) is 4.30. The molecule has 1 heterocycles. The largest absolute Gasteiger partial charge is 0.573 e. The lowest BCUT2D eigenvalue weighted by Gasteiger charge is -2.10. The quantitative estimate of drug-likeness (QED) is 0.723. The predicted octanol–water partition coefficient (Wildman–Crippen LogP) is 4.76. The van der Waals surface area contributed by atoms with Crippen LogP contribution in [-0.4, -0.2) is 6.36 Å². The smallest absolute Gasteiger partial charge is 0.404 e. The number of ether oxygens (including phenoxy) is 1. The number of thiophene rings is 1. The van der Waals surface area contributed by atoms with Gasteiger partial charge in [-0.05, 0) is 24.4 Å². The monoisotopic (exact) mass is 266 g/mol. The molecule has 2 rings (SSSR count). The highest BCUT2D eigenvalue weighted by molar-refractivity contribution is 7.11. The van der Waals surface area contributed by atoms with E-state index in [1.165, 1.54) is 17.4 Å². The van der Waals surface area contributed by atoms with E-state index in [1.807, 2.05) is 6.92 Å². The molecule has 0 spiro atoms. The van der Waals surface area contributed by atoms with Gasteiger partial charge in [0.05, 0.1) is 5.02 Å². The first-order valence-corrected chi connectivity index (χ1v) is 5.56. The van der Waals surface area contributed by atoms with E-state index in [0.717, 1.165) is 10.3 Å². The molecular formula is C10H6ClF3OS. The van der Waals surface area contributed by atoms with Crippen LogP contribution in [0.5, 0.6) is 5.75 Å². The molecule has 6 heteroatoms. The molecule has 0 fully saturated rings. The van der Waals surface area contributed by atoms with Gasteiger partial charge in [-0.15, -0.1) is 24.5 Å². The van der Waals surface area contributed by atoms with Crippen molar-refractivity contribution in [1.82, 2.24) is 0 Å². The molecule has 0 radical (unpaired) electrons. The maximum atomic E-state index is 12.0. The average molecular weight is 267 g/mol. The number of halogens is 4. The molecule has 0 aliphatic heterocycles. The van der Waals surface area contributed by atoms with E-state index < -0.39 is 6.36 Å². The Morgan fingerprint density at radius 1 is 1.25 bits per heavy atom. The van der Waals surface area contributed by atoms with Crippen molar-refractivity contribution < 1.29 is 17.9 Å². The Hall–Kier alpha value is -0.940. The molecule has 0 bridgehead atoms. The first kappa shape index (κ1) is 11.5. The van der Waals surface area contributed by atoms with Crippen LogP contribution in [0.15, 0.2) is 17.5 Å². The molecule has 0 aliphatic carbocycles. The molecule has 0 amide bonds. The van der Waals surface area contributed by atoms with Gasteiger partial charge in [0.2, 0.25) is 0 Å². The summed E-state index contributed by atoms with van der Waals surface area (Å²) in [7, 11) is 0. The Labute approximate surface area is 98.4 Å². The van der Waals surface area contributed by atoms with Gasteiger partial charge >= 0.3 is 6.36 Å². The molecule has 0 atom stereocenters. The second-order valence-corrected chi connectivity index (χ2v) is 4.64. The molecule has 0 saturated carbocycles. The highest BCUT2D eigenvalue weighted by atomic mass is 35.5. The third-order valence-corrected chi connectivity index (χ3v) is 3.42. The van der Waals surface area contributed by atoms with E-state index in [9.17, 15) is 13.2 Å². The maximum absolute atomic E-state index is 12.0. The summed E-state index contributed by atoms with van der Waals surface area (Å²) < 4.78 is 40.0. The van der Waals surface area contributed by atoms with Gasteiger partial charge in [0.15, 0.2) is 0 Å². The van der Waals surface area contributed by atoms with Crippen molar-refractivity contribution in [2.75, 3.05) is 0 Å². The summed E-state index contributed by atoms with van der Waals surface area (Å²) in [5.74, 6) is -0.362. The number of fused-ring (bicyclic) bond motifs is 1. The van der Waals surface area contributed by atoms with Crippen molar-refractivity contribution in [3.05, 3.63) is 27.4 Å². The molecule has 86 valence electrons. The summed E-state index contributed by atoms with van der Waals surface area (Å²) in [6.45, 7) is 1.88. The Bertz CT molecular complexity index is 533. The summed E-state index contributed by atoms with van der Waals surface area (Å²) in [5, 5.41) is 3.16. The van der Waals surface area contributed by atoms with E-state index >= 15 is 0 Å². The van der Waals surface area contributed by atoms with Crippen LogP contribution < -0.4 is 4.74 Å². The molecule has 1 aromatic carbocycles. The zero-order valence-electron chi connectivity index (χ0n) is 8.06. The third-order valence-electron chi connectivity index (χ3n) is 2.10. The van der Waals surface area contributed by atoms with Gasteiger partial charge in [0.1, 0.15) is 5.75 Å². The fourth-order valence-corrected chi connectivity index (χ4v) is 2.58. The van der Waals surface area contributed by atoms with Crippen molar-refractivity contribution in [2.45, 2.75) is 13.3 Å². The second-order valence-electron chi connectivity index (χ2n) is 3.18. The van der Waals surface area contributed by atoms with Gasteiger partial charge in [-0.2, -0.15) is 0 Å². The topological polar surface area (TPSA) is 9.23 Å². The van der Waals surface area contributed by atoms with Crippen LogP contribution in [0.4, 0.5) is 13.2 Å². The molecule has 2 aromatic rings. The van der Waals surface area contributed by atoms with Crippen LogP contribution in [0.25, 0.3) is 10.8 Å². The van der Waals surface area contributed by atoms with Crippen LogP contribution >= 0.6 is 22.9 Å². The minimum absolute atomic E-state index is 0.000764. The lowest BCUT2D eigenvalue weighted by Crippen LogP contribution is -2.17. The number of hydrogen-bond acceptors (Lipinski definition) is 2. The van der Waals surface area contributed by atoms with Crippen LogP contribution in [0.2, 0.25) is 5.02 Å². The number of benzene rings is 1. The van der Waals surface area contributed by atoms with Crippen LogP contribution in [0, 0.1) is 6.92 Å². The molecule has 16 heavy (non-hydrogen) atoms. The van der Waals surface area contributed by atoms with Crippen molar-refractivity contribution >= 4 is 33.7 Å². The Morgan fingerprint density at radius 3 is 2.56 bits per heavy atom. The number of hydrogen-bond donors (Lipinski definition) is 0. The summed E-state index contributed by atoms with van der Waals surface area (Å²) in [4.78, 5) is 1.01. The van der Waals surface area contributed by atoms with Crippen LogP contribution in [0.3, 0.4) is 0 Å². The van der Waals surface area contributed by atoms with Gasteiger partial charge in [-0.3, -0.25) is 0 Å².